The van der Waals surface area contributed by atoms with Crippen LogP contribution in [0.2, 0.25) is 5.02 Å². The first-order valence-corrected chi connectivity index (χ1v) is 13.0. The highest BCUT2D eigenvalue weighted by atomic mass is 35.5. The van der Waals surface area contributed by atoms with Gasteiger partial charge >= 0.3 is 0 Å². The smallest absolute Gasteiger partial charge is 0.244 e. The average molecular weight is 512 g/mol. The maximum atomic E-state index is 13.5. The van der Waals surface area contributed by atoms with Gasteiger partial charge < -0.3 is 10.2 Å². The van der Waals surface area contributed by atoms with E-state index < -0.39 is 39.9 Å². The molecule has 0 aliphatic heterocycles. The van der Waals surface area contributed by atoms with E-state index in [1.54, 1.807) is 19.1 Å². The molecule has 0 bridgehead atoms. The largest absolute Gasteiger partial charge is 0.350 e. The number of amides is 2. The lowest BCUT2D eigenvalue weighted by molar-refractivity contribution is -0.141. The Labute approximate surface area is 205 Å². The SMILES string of the molecule is CC[C@@H](C(=O)NC(C)(C)C)N(Cc1ccc(F)cc1)C(=O)CN(c1ccccc1Cl)S(C)(=O)=O. The number of halogens is 2. The van der Waals surface area contributed by atoms with E-state index in [1.807, 2.05) is 20.8 Å². The first kappa shape index (κ1) is 27.6. The summed E-state index contributed by atoms with van der Waals surface area (Å²) in [6.45, 7) is 6.68. The van der Waals surface area contributed by atoms with Crippen LogP contribution >= 0.6 is 11.6 Å². The lowest BCUT2D eigenvalue weighted by Crippen LogP contribution is -2.55. The molecule has 2 amide bonds. The van der Waals surface area contributed by atoms with Crippen molar-refractivity contribution in [1.29, 1.82) is 0 Å². The van der Waals surface area contributed by atoms with Gasteiger partial charge in [0.05, 0.1) is 17.0 Å². The third-order valence-corrected chi connectivity index (χ3v) is 6.40. The summed E-state index contributed by atoms with van der Waals surface area (Å²) in [5.41, 5.74) is 0.222. The van der Waals surface area contributed by atoms with Crippen LogP contribution in [0.4, 0.5) is 10.1 Å². The Kier molecular flexibility index (Phi) is 9.08. The van der Waals surface area contributed by atoms with E-state index in [2.05, 4.69) is 5.32 Å². The van der Waals surface area contributed by atoms with Gasteiger partial charge in [-0.1, -0.05) is 42.8 Å². The van der Waals surface area contributed by atoms with E-state index in [0.29, 0.717) is 12.0 Å². The number of carbonyl (C=O) groups excluding carboxylic acids is 2. The standard InChI is InChI=1S/C24H31ClFN3O4S/c1-6-20(23(31)27-24(2,3)4)28(15-17-11-13-18(26)14-12-17)22(30)16-29(34(5,32)33)21-10-8-7-9-19(21)25/h7-14,20H,6,15-16H2,1-5H3,(H,27,31)/t20-/m0/s1. The van der Waals surface area contributed by atoms with Crippen LogP contribution in [0.1, 0.15) is 39.7 Å². The van der Waals surface area contributed by atoms with Gasteiger partial charge in [0, 0.05) is 12.1 Å². The maximum absolute atomic E-state index is 13.5. The van der Waals surface area contributed by atoms with Crippen LogP contribution < -0.4 is 9.62 Å². The number of nitrogens with zero attached hydrogens (tertiary/aromatic N) is 2. The fourth-order valence-electron chi connectivity index (χ4n) is 3.41. The molecule has 0 unspecified atom stereocenters. The number of rotatable bonds is 9. The van der Waals surface area contributed by atoms with E-state index >= 15 is 0 Å². The molecule has 1 N–H and O–H groups in total. The summed E-state index contributed by atoms with van der Waals surface area (Å²) in [6, 6.07) is 11.0. The van der Waals surface area contributed by atoms with Crippen molar-refractivity contribution in [2.45, 2.75) is 52.2 Å². The molecule has 10 heteroatoms. The van der Waals surface area contributed by atoms with Gasteiger partial charge in [-0.2, -0.15) is 0 Å². The van der Waals surface area contributed by atoms with Gasteiger partial charge in [0.2, 0.25) is 21.8 Å². The molecule has 186 valence electrons. The van der Waals surface area contributed by atoms with Crippen molar-refractivity contribution in [2.24, 2.45) is 0 Å². The Morgan fingerprint density at radius 2 is 1.68 bits per heavy atom. The second-order valence-electron chi connectivity index (χ2n) is 9.03. The van der Waals surface area contributed by atoms with Gasteiger partial charge in [-0.05, 0) is 57.0 Å². The van der Waals surface area contributed by atoms with Crippen molar-refractivity contribution >= 4 is 39.1 Å². The van der Waals surface area contributed by atoms with Crippen molar-refractivity contribution in [3.05, 3.63) is 64.9 Å². The number of nitrogens with one attached hydrogen (secondary N) is 1. The highest BCUT2D eigenvalue weighted by molar-refractivity contribution is 7.92. The van der Waals surface area contributed by atoms with Gasteiger partial charge in [0.1, 0.15) is 18.4 Å². The zero-order chi connectivity index (χ0) is 25.7. The van der Waals surface area contributed by atoms with Crippen LogP contribution in [0, 0.1) is 5.82 Å². The number of hydrogen-bond donors (Lipinski definition) is 1. The van der Waals surface area contributed by atoms with Crippen molar-refractivity contribution in [3.63, 3.8) is 0 Å². The molecule has 7 nitrogen and oxygen atoms in total. The molecule has 0 heterocycles. The van der Waals surface area contributed by atoms with E-state index in [-0.39, 0.29) is 23.2 Å². The quantitative estimate of drug-likeness (QED) is 0.552. The first-order valence-electron chi connectivity index (χ1n) is 10.8. The van der Waals surface area contributed by atoms with Crippen LogP contribution in [0.3, 0.4) is 0 Å². The molecule has 2 aromatic rings. The molecule has 0 aliphatic rings. The Morgan fingerprint density at radius 1 is 1.09 bits per heavy atom. The predicted molar refractivity (Wildman–Crippen MR) is 133 cm³/mol. The topological polar surface area (TPSA) is 86.8 Å². The molecule has 2 aromatic carbocycles. The minimum atomic E-state index is -3.88. The maximum Gasteiger partial charge on any atom is 0.244 e. The van der Waals surface area contributed by atoms with E-state index in [4.69, 9.17) is 11.6 Å². The van der Waals surface area contributed by atoms with Crippen LogP contribution in [0.5, 0.6) is 0 Å². The zero-order valence-electron chi connectivity index (χ0n) is 20.0. The molecule has 1 atom stereocenters. The third-order valence-electron chi connectivity index (χ3n) is 4.95. The van der Waals surface area contributed by atoms with Crippen LogP contribution in [0.25, 0.3) is 0 Å². The van der Waals surface area contributed by atoms with Crippen molar-refractivity contribution in [2.75, 3.05) is 17.1 Å². The summed E-state index contributed by atoms with van der Waals surface area (Å²) >= 11 is 6.21. The molecule has 0 fully saturated rings. The number of para-hydroxylation sites is 1. The summed E-state index contributed by atoms with van der Waals surface area (Å²) in [5, 5.41) is 3.05. The van der Waals surface area contributed by atoms with E-state index in [9.17, 15) is 22.4 Å². The Hall–Kier alpha value is -2.65. The van der Waals surface area contributed by atoms with E-state index in [1.165, 1.54) is 41.3 Å². The lowest BCUT2D eigenvalue weighted by atomic mass is 10.1. The minimum absolute atomic E-state index is 0.00466. The summed E-state index contributed by atoms with van der Waals surface area (Å²) in [5.74, 6) is -1.39. The predicted octanol–water partition coefficient (Wildman–Crippen LogP) is 3.97. The summed E-state index contributed by atoms with van der Waals surface area (Å²) in [7, 11) is -3.88. The Balaban J connectivity index is 2.46. The number of sulfonamides is 1. The molecule has 2 rings (SSSR count). The molecule has 0 aliphatic carbocycles. The highest BCUT2D eigenvalue weighted by Gasteiger charge is 2.33. The molecular formula is C24H31ClFN3O4S. The zero-order valence-corrected chi connectivity index (χ0v) is 21.6. The lowest BCUT2D eigenvalue weighted by Gasteiger charge is -2.34. The molecule has 0 radical (unpaired) electrons. The number of carbonyl (C=O) groups is 2. The normalized spacial score (nSPS) is 12.7. The summed E-state index contributed by atoms with van der Waals surface area (Å²) < 4.78 is 39.5. The van der Waals surface area contributed by atoms with Crippen LogP contribution in [0.15, 0.2) is 48.5 Å². The first-order chi connectivity index (χ1) is 15.7. The van der Waals surface area contributed by atoms with Crippen LogP contribution in [-0.2, 0) is 26.2 Å². The Morgan fingerprint density at radius 3 is 2.18 bits per heavy atom. The van der Waals surface area contributed by atoms with Crippen molar-refractivity contribution in [3.8, 4) is 0 Å². The Bertz CT molecular complexity index is 1120. The second kappa shape index (κ2) is 11.2. The monoisotopic (exact) mass is 511 g/mol. The number of hydrogen-bond acceptors (Lipinski definition) is 4. The summed E-state index contributed by atoms with van der Waals surface area (Å²) in [4.78, 5) is 27.9. The third kappa shape index (κ3) is 7.70. The van der Waals surface area contributed by atoms with E-state index in [0.717, 1.165) is 10.6 Å². The van der Waals surface area contributed by atoms with Gasteiger partial charge in [-0.15, -0.1) is 0 Å². The second-order valence-corrected chi connectivity index (χ2v) is 11.3. The minimum Gasteiger partial charge on any atom is -0.350 e. The van der Waals surface area contributed by atoms with Gasteiger partial charge in [0.15, 0.2) is 0 Å². The van der Waals surface area contributed by atoms with Crippen LogP contribution in [-0.4, -0.2) is 49.5 Å². The molecule has 0 saturated carbocycles. The van der Waals surface area contributed by atoms with Crippen molar-refractivity contribution in [1.82, 2.24) is 10.2 Å². The molecule has 0 saturated heterocycles. The number of benzene rings is 2. The average Bonchev–Trinajstić information content (AvgIpc) is 2.71. The summed E-state index contributed by atoms with van der Waals surface area (Å²) in [6.07, 6.45) is 1.28. The molecule has 0 spiro atoms. The fourth-order valence-corrected chi connectivity index (χ4v) is 4.56. The number of anilines is 1. The van der Waals surface area contributed by atoms with Gasteiger partial charge in [-0.25, -0.2) is 12.8 Å². The fraction of sp³-hybridized carbons (Fsp3) is 0.417. The van der Waals surface area contributed by atoms with Gasteiger partial charge in [0.25, 0.3) is 0 Å². The van der Waals surface area contributed by atoms with Gasteiger partial charge in [-0.3, -0.25) is 13.9 Å². The highest BCUT2D eigenvalue weighted by Crippen LogP contribution is 2.27. The molecule has 0 aromatic heterocycles. The van der Waals surface area contributed by atoms with Crippen molar-refractivity contribution < 1.29 is 22.4 Å². The molecule has 34 heavy (non-hydrogen) atoms. The molecular weight excluding hydrogens is 481 g/mol.